The van der Waals surface area contributed by atoms with Crippen molar-refractivity contribution in [2.45, 2.75) is 17.9 Å². The van der Waals surface area contributed by atoms with Crippen LogP contribution in [0, 0.1) is 0 Å². The largest absolute Gasteiger partial charge is 0.443 e. The summed E-state index contributed by atoms with van der Waals surface area (Å²) in [5.41, 5.74) is 0. The topological polar surface area (TPSA) is 103 Å². The molecule has 0 aromatic carbocycles. The number of likely N-dealkylation sites (N-methyl/N-ethyl adjacent to an activating group) is 1. The number of rotatable bonds is 5. The summed E-state index contributed by atoms with van der Waals surface area (Å²) in [5, 5.41) is 4.99. The number of sulfonamides is 1. The number of carbonyl (C=O) groups excluding carboxylic acids is 1. The summed E-state index contributed by atoms with van der Waals surface area (Å²) in [5.74, 6) is -0.568. The molecule has 0 radical (unpaired) electrons. The number of ether oxygens (including phenoxy) is 1. The Labute approximate surface area is 119 Å². The van der Waals surface area contributed by atoms with Gasteiger partial charge in [-0.2, -0.15) is 0 Å². The molecule has 9 heteroatoms. The summed E-state index contributed by atoms with van der Waals surface area (Å²) >= 11 is 2.91. The average Bonchev–Trinajstić information content (AvgIpc) is 2.69. The molecule has 0 spiro atoms. The average molecular weight is 355 g/mol. The lowest BCUT2D eigenvalue weighted by atomic mass is 10.3. The van der Waals surface area contributed by atoms with Crippen LogP contribution in [-0.2, 0) is 14.8 Å². The van der Waals surface area contributed by atoms with Crippen molar-refractivity contribution in [1.82, 2.24) is 4.90 Å². The van der Waals surface area contributed by atoms with Crippen LogP contribution in [0.5, 0.6) is 0 Å². The van der Waals surface area contributed by atoms with Crippen molar-refractivity contribution in [3.05, 3.63) is 16.5 Å². The fraction of sp³-hybridized carbons (Fsp3) is 0.500. The summed E-state index contributed by atoms with van der Waals surface area (Å²) in [4.78, 5) is 13.1. The van der Waals surface area contributed by atoms with Crippen LogP contribution < -0.4 is 5.14 Å². The molecule has 1 unspecified atom stereocenters. The van der Waals surface area contributed by atoms with E-state index in [1.807, 2.05) is 0 Å². The molecule has 0 bridgehead atoms. The van der Waals surface area contributed by atoms with E-state index in [2.05, 4.69) is 15.9 Å². The highest BCUT2D eigenvalue weighted by Gasteiger charge is 2.24. The van der Waals surface area contributed by atoms with Gasteiger partial charge < -0.3 is 14.1 Å². The Bertz CT molecular complexity index is 568. The predicted molar refractivity (Wildman–Crippen MR) is 71.2 cm³/mol. The maximum Gasteiger partial charge on any atom is 0.289 e. The Morgan fingerprint density at radius 3 is 2.63 bits per heavy atom. The number of nitrogens with zero attached hydrogens (tertiary/aromatic N) is 1. The minimum atomic E-state index is -3.94. The van der Waals surface area contributed by atoms with E-state index in [9.17, 15) is 13.2 Å². The third-order valence-corrected chi connectivity index (χ3v) is 4.22. The minimum Gasteiger partial charge on any atom is -0.443 e. The highest BCUT2D eigenvalue weighted by molar-refractivity contribution is 9.10. The molecular weight excluding hydrogens is 340 g/mol. The van der Waals surface area contributed by atoms with Gasteiger partial charge in [-0.15, -0.1) is 0 Å². The van der Waals surface area contributed by atoms with Crippen molar-refractivity contribution in [1.29, 1.82) is 0 Å². The fourth-order valence-electron chi connectivity index (χ4n) is 1.38. The quantitative estimate of drug-likeness (QED) is 0.841. The molecule has 1 aromatic heterocycles. The number of primary sulfonamides is 1. The maximum atomic E-state index is 12.0. The van der Waals surface area contributed by atoms with Crippen molar-refractivity contribution in [2.75, 3.05) is 20.7 Å². The summed E-state index contributed by atoms with van der Waals surface area (Å²) in [6, 6.07) is 1.09. The molecule has 1 amide bonds. The number of amides is 1. The van der Waals surface area contributed by atoms with Gasteiger partial charge >= 0.3 is 0 Å². The molecule has 108 valence electrons. The van der Waals surface area contributed by atoms with Crippen LogP contribution in [0.25, 0.3) is 0 Å². The molecule has 1 aromatic rings. The third kappa shape index (κ3) is 4.03. The van der Waals surface area contributed by atoms with Gasteiger partial charge in [0.1, 0.15) is 4.90 Å². The molecule has 0 saturated carbocycles. The Balaban J connectivity index is 2.96. The minimum absolute atomic E-state index is 0.0912. The van der Waals surface area contributed by atoms with Gasteiger partial charge in [-0.3, -0.25) is 4.79 Å². The number of nitrogens with two attached hydrogens (primary N) is 1. The van der Waals surface area contributed by atoms with Crippen molar-refractivity contribution in [3.8, 4) is 0 Å². The normalized spacial score (nSPS) is 13.3. The molecule has 0 fully saturated rings. The van der Waals surface area contributed by atoms with E-state index in [-0.39, 0.29) is 21.4 Å². The van der Waals surface area contributed by atoms with Gasteiger partial charge in [0.2, 0.25) is 10.0 Å². The summed E-state index contributed by atoms with van der Waals surface area (Å²) in [7, 11) is -0.842. The molecule has 2 N–H and O–H groups in total. The van der Waals surface area contributed by atoms with Gasteiger partial charge in [-0.1, -0.05) is 0 Å². The molecule has 7 nitrogen and oxygen atoms in total. The lowest BCUT2D eigenvalue weighted by Crippen LogP contribution is -2.33. The number of hydrogen-bond donors (Lipinski definition) is 1. The number of furan rings is 1. The van der Waals surface area contributed by atoms with Gasteiger partial charge in [-0.05, 0) is 22.9 Å². The molecule has 1 atom stereocenters. The lowest BCUT2D eigenvalue weighted by molar-refractivity contribution is 0.0574. The summed E-state index contributed by atoms with van der Waals surface area (Å²) in [6.07, 6.45) is -0.148. The van der Waals surface area contributed by atoms with Gasteiger partial charge in [0.25, 0.3) is 5.91 Å². The number of hydrogen-bond acceptors (Lipinski definition) is 5. The van der Waals surface area contributed by atoms with E-state index in [1.165, 1.54) is 12.0 Å². The zero-order chi connectivity index (χ0) is 14.8. The molecule has 0 aliphatic carbocycles. The first-order valence-electron chi connectivity index (χ1n) is 5.27. The number of carbonyl (C=O) groups is 1. The molecule has 1 heterocycles. The molecular formula is C10H15BrN2O5S. The van der Waals surface area contributed by atoms with Crippen molar-refractivity contribution < 1.29 is 22.4 Å². The van der Waals surface area contributed by atoms with E-state index < -0.39 is 15.9 Å². The van der Waals surface area contributed by atoms with Crippen molar-refractivity contribution in [2.24, 2.45) is 5.14 Å². The maximum absolute atomic E-state index is 12.0. The van der Waals surface area contributed by atoms with E-state index in [4.69, 9.17) is 14.3 Å². The second-order valence-corrected chi connectivity index (χ2v) is 6.28. The third-order valence-electron chi connectivity index (χ3n) is 2.45. The van der Waals surface area contributed by atoms with Crippen LogP contribution in [0.3, 0.4) is 0 Å². The smallest absolute Gasteiger partial charge is 0.289 e. The molecule has 0 aliphatic rings. The second-order valence-electron chi connectivity index (χ2n) is 4.03. The highest BCUT2D eigenvalue weighted by atomic mass is 79.9. The first kappa shape index (κ1) is 16.2. The van der Waals surface area contributed by atoms with Crippen molar-refractivity contribution >= 4 is 31.9 Å². The molecule has 0 aliphatic heterocycles. The summed E-state index contributed by atoms with van der Waals surface area (Å²) < 4.78 is 32.5. The SMILES string of the molecule is COC(C)CN(C)C(=O)c1cc(S(N)(=O)=O)c(Br)o1. The number of halogens is 1. The van der Waals surface area contributed by atoms with Gasteiger partial charge in [0.05, 0.1) is 6.10 Å². The predicted octanol–water partition coefficient (Wildman–Crippen LogP) is 0.796. The van der Waals surface area contributed by atoms with Gasteiger partial charge in [0, 0.05) is 26.8 Å². The van der Waals surface area contributed by atoms with E-state index in [1.54, 1.807) is 14.0 Å². The van der Waals surface area contributed by atoms with Gasteiger partial charge in [-0.25, -0.2) is 13.6 Å². The summed E-state index contributed by atoms with van der Waals surface area (Å²) in [6.45, 7) is 2.15. The van der Waals surface area contributed by atoms with E-state index in [0.717, 1.165) is 6.07 Å². The van der Waals surface area contributed by atoms with Crippen LogP contribution >= 0.6 is 15.9 Å². The Hall–Kier alpha value is -0.900. The Morgan fingerprint density at radius 2 is 2.21 bits per heavy atom. The van der Waals surface area contributed by atoms with Crippen LogP contribution in [0.15, 0.2) is 20.0 Å². The standard InChI is InChI=1S/C10H15BrN2O5S/c1-6(17-3)5-13(2)10(14)7-4-8(9(11)18-7)19(12,15)16/h4,6H,5H2,1-3H3,(H2,12,15,16). The first-order chi connectivity index (χ1) is 8.66. The van der Waals surface area contributed by atoms with Crippen LogP contribution in [0.2, 0.25) is 0 Å². The Morgan fingerprint density at radius 1 is 1.63 bits per heavy atom. The Kier molecular flexibility index (Phi) is 5.13. The lowest BCUT2D eigenvalue weighted by Gasteiger charge is -2.19. The van der Waals surface area contributed by atoms with Crippen LogP contribution in [-0.4, -0.2) is 46.0 Å². The van der Waals surface area contributed by atoms with Crippen LogP contribution in [0.1, 0.15) is 17.5 Å². The zero-order valence-corrected chi connectivity index (χ0v) is 13.1. The zero-order valence-electron chi connectivity index (χ0n) is 10.7. The second kappa shape index (κ2) is 6.04. The van der Waals surface area contributed by atoms with Crippen LogP contribution in [0.4, 0.5) is 0 Å². The number of methoxy groups -OCH3 is 1. The molecule has 0 saturated heterocycles. The van der Waals surface area contributed by atoms with E-state index in [0.29, 0.717) is 6.54 Å². The highest BCUT2D eigenvalue weighted by Crippen LogP contribution is 2.25. The molecule has 1 rings (SSSR count). The van der Waals surface area contributed by atoms with Crippen molar-refractivity contribution in [3.63, 3.8) is 0 Å². The van der Waals surface area contributed by atoms with E-state index >= 15 is 0 Å². The monoisotopic (exact) mass is 354 g/mol. The van der Waals surface area contributed by atoms with Gasteiger partial charge in [0.15, 0.2) is 10.4 Å². The fourth-order valence-corrected chi connectivity index (χ4v) is 2.89. The molecule has 19 heavy (non-hydrogen) atoms. The first-order valence-corrected chi connectivity index (χ1v) is 7.61.